The summed E-state index contributed by atoms with van der Waals surface area (Å²) in [5.41, 5.74) is 1.07. The SMILES string of the molecule is N#C[C@H]1CCCN1C(=O)[C@@H]1CCN(c2cnccc2-n2cc(Cl)cn2)CC1(F)F. The van der Waals surface area contributed by atoms with Crippen molar-refractivity contribution < 1.29 is 13.6 Å². The predicted molar refractivity (Wildman–Crippen MR) is 102 cm³/mol. The van der Waals surface area contributed by atoms with Crippen molar-refractivity contribution in [1.82, 2.24) is 19.7 Å². The molecule has 4 heterocycles. The number of pyridine rings is 1. The molecule has 29 heavy (non-hydrogen) atoms. The van der Waals surface area contributed by atoms with Gasteiger partial charge in [0, 0.05) is 25.5 Å². The largest absolute Gasteiger partial charge is 0.362 e. The molecular formula is C19H19ClF2N6O. The van der Waals surface area contributed by atoms with Gasteiger partial charge in [-0.3, -0.25) is 9.78 Å². The summed E-state index contributed by atoms with van der Waals surface area (Å²) in [5, 5.41) is 13.8. The molecular weight excluding hydrogens is 402 g/mol. The van der Waals surface area contributed by atoms with E-state index in [0.717, 1.165) is 0 Å². The van der Waals surface area contributed by atoms with Crippen molar-refractivity contribution >= 4 is 23.2 Å². The van der Waals surface area contributed by atoms with Crippen LogP contribution in [0.15, 0.2) is 30.9 Å². The van der Waals surface area contributed by atoms with E-state index in [0.29, 0.717) is 35.8 Å². The summed E-state index contributed by atoms with van der Waals surface area (Å²) in [7, 11) is 0. The Hall–Kier alpha value is -2.73. The zero-order valence-corrected chi connectivity index (χ0v) is 16.3. The quantitative estimate of drug-likeness (QED) is 0.763. The lowest BCUT2D eigenvalue weighted by Crippen LogP contribution is -2.55. The second-order valence-corrected chi connectivity index (χ2v) is 7.75. The van der Waals surface area contributed by atoms with Gasteiger partial charge in [-0.05, 0) is 25.3 Å². The highest BCUT2D eigenvalue weighted by Gasteiger charge is 2.51. The third-order valence-electron chi connectivity index (χ3n) is 5.50. The first kappa shape index (κ1) is 19.6. The molecule has 2 aromatic heterocycles. The van der Waals surface area contributed by atoms with E-state index in [1.54, 1.807) is 18.5 Å². The zero-order chi connectivity index (χ0) is 20.6. The number of carbonyl (C=O) groups excluding carboxylic acids is 1. The first-order chi connectivity index (χ1) is 13.9. The second-order valence-electron chi connectivity index (χ2n) is 7.31. The van der Waals surface area contributed by atoms with Crippen LogP contribution in [0.3, 0.4) is 0 Å². The van der Waals surface area contributed by atoms with Crippen molar-refractivity contribution in [1.29, 1.82) is 5.26 Å². The normalized spacial score (nSPS) is 23.8. The van der Waals surface area contributed by atoms with E-state index in [9.17, 15) is 10.1 Å². The number of alkyl halides is 2. The number of amides is 1. The number of halogens is 3. The van der Waals surface area contributed by atoms with Gasteiger partial charge in [0.15, 0.2) is 0 Å². The fraction of sp³-hybridized carbons (Fsp3) is 0.474. The van der Waals surface area contributed by atoms with Gasteiger partial charge in [-0.2, -0.15) is 10.4 Å². The Balaban J connectivity index is 1.56. The molecule has 0 unspecified atom stereocenters. The van der Waals surface area contributed by atoms with Crippen LogP contribution in [0, 0.1) is 17.2 Å². The van der Waals surface area contributed by atoms with E-state index in [-0.39, 0.29) is 13.0 Å². The smallest absolute Gasteiger partial charge is 0.276 e. The highest BCUT2D eigenvalue weighted by atomic mass is 35.5. The van der Waals surface area contributed by atoms with Gasteiger partial charge in [0.25, 0.3) is 5.92 Å². The van der Waals surface area contributed by atoms with Crippen molar-refractivity contribution in [3.63, 3.8) is 0 Å². The van der Waals surface area contributed by atoms with E-state index in [4.69, 9.17) is 11.6 Å². The van der Waals surface area contributed by atoms with Gasteiger partial charge in [-0.1, -0.05) is 11.6 Å². The minimum absolute atomic E-state index is 0.00528. The molecule has 2 atom stereocenters. The predicted octanol–water partition coefficient (Wildman–Crippen LogP) is 2.90. The molecule has 1 amide bonds. The molecule has 0 N–H and O–H groups in total. The van der Waals surface area contributed by atoms with Crippen molar-refractivity contribution in [2.45, 2.75) is 31.2 Å². The maximum Gasteiger partial charge on any atom is 0.276 e. The lowest BCUT2D eigenvalue weighted by Gasteiger charge is -2.40. The van der Waals surface area contributed by atoms with Crippen LogP contribution in [0.25, 0.3) is 5.69 Å². The molecule has 2 fully saturated rings. The number of aromatic nitrogens is 3. The lowest BCUT2D eigenvalue weighted by atomic mass is 9.90. The molecule has 0 aliphatic carbocycles. The molecule has 7 nitrogen and oxygen atoms in total. The van der Waals surface area contributed by atoms with Gasteiger partial charge in [0.1, 0.15) is 12.0 Å². The maximum absolute atomic E-state index is 15.0. The molecule has 2 aliphatic rings. The lowest BCUT2D eigenvalue weighted by molar-refractivity contribution is -0.152. The number of nitrogens with zero attached hydrogens (tertiary/aromatic N) is 6. The molecule has 2 saturated heterocycles. The second kappa shape index (κ2) is 7.59. The van der Waals surface area contributed by atoms with Crippen molar-refractivity contribution in [3.8, 4) is 11.8 Å². The Labute approximate surface area is 171 Å². The Morgan fingerprint density at radius 1 is 1.28 bits per heavy atom. The topological polar surface area (TPSA) is 78.0 Å². The zero-order valence-electron chi connectivity index (χ0n) is 15.5. The van der Waals surface area contributed by atoms with Crippen LogP contribution in [-0.2, 0) is 4.79 Å². The first-order valence-corrected chi connectivity index (χ1v) is 9.76. The van der Waals surface area contributed by atoms with Crippen LogP contribution >= 0.6 is 11.6 Å². The van der Waals surface area contributed by atoms with Crippen LogP contribution < -0.4 is 4.90 Å². The van der Waals surface area contributed by atoms with E-state index >= 15 is 8.78 Å². The Kier molecular flexibility index (Phi) is 5.13. The molecule has 2 aromatic rings. The number of nitriles is 1. The van der Waals surface area contributed by atoms with E-state index < -0.39 is 30.3 Å². The number of anilines is 1. The standard InChI is InChI=1S/C19H19ClF2N6O/c20-13-9-25-28(11-13)16-3-5-24-10-17(16)26-7-4-15(19(21,22)12-26)18(29)27-6-1-2-14(27)8-23/h3,5,9-11,14-15H,1-2,4,6-7,12H2/t14-,15+/m1/s1. The molecule has 2 aliphatic heterocycles. The number of carbonyl (C=O) groups is 1. The highest BCUT2D eigenvalue weighted by Crippen LogP contribution is 2.38. The Morgan fingerprint density at radius 3 is 2.79 bits per heavy atom. The van der Waals surface area contributed by atoms with Gasteiger partial charge >= 0.3 is 0 Å². The van der Waals surface area contributed by atoms with E-state index in [2.05, 4.69) is 10.1 Å². The van der Waals surface area contributed by atoms with Crippen LogP contribution in [0.1, 0.15) is 19.3 Å². The molecule has 0 saturated carbocycles. The number of piperidine rings is 1. The van der Waals surface area contributed by atoms with Crippen LogP contribution in [0.2, 0.25) is 5.02 Å². The highest BCUT2D eigenvalue weighted by molar-refractivity contribution is 6.30. The molecule has 10 heteroatoms. The Bertz CT molecular complexity index is 958. The van der Waals surface area contributed by atoms with Crippen LogP contribution in [-0.4, -0.2) is 57.2 Å². The molecule has 0 radical (unpaired) electrons. The van der Waals surface area contributed by atoms with Crippen molar-refractivity contribution in [3.05, 3.63) is 35.9 Å². The number of hydrogen-bond donors (Lipinski definition) is 0. The van der Waals surface area contributed by atoms with Crippen molar-refractivity contribution in [2.75, 3.05) is 24.5 Å². The van der Waals surface area contributed by atoms with Gasteiger partial charge in [-0.25, -0.2) is 13.5 Å². The average Bonchev–Trinajstić information content (AvgIpc) is 3.35. The summed E-state index contributed by atoms with van der Waals surface area (Å²) in [6, 6.07) is 3.12. The fourth-order valence-electron chi connectivity index (χ4n) is 4.06. The van der Waals surface area contributed by atoms with Gasteiger partial charge in [0.05, 0.1) is 41.4 Å². The average molecular weight is 421 g/mol. The number of hydrogen-bond acceptors (Lipinski definition) is 5. The Morgan fingerprint density at radius 2 is 2.10 bits per heavy atom. The monoisotopic (exact) mass is 420 g/mol. The van der Waals surface area contributed by atoms with Gasteiger partial charge in [-0.15, -0.1) is 0 Å². The summed E-state index contributed by atoms with van der Waals surface area (Å²) in [6.07, 6.45) is 7.32. The maximum atomic E-state index is 15.0. The van der Waals surface area contributed by atoms with E-state index in [1.807, 2.05) is 6.07 Å². The molecule has 0 aromatic carbocycles. The molecule has 0 spiro atoms. The molecule has 4 rings (SSSR count). The van der Waals surface area contributed by atoms with Gasteiger partial charge < -0.3 is 9.80 Å². The minimum Gasteiger partial charge on any atom is -0.362 e. The third kappa shape index (κ3) is 3.65. The summed E-state index contributed by atoms with van der Waals surface area (Å²) in [5.74, 6) is -5.27. The third-order valence-corrected chi connectivity index (χ3v) is 5.69. The van der Waals surface area contributed by atoms with E-state index in [1.165, 1.54) is 26.9 Å². The number of likely N-dealkylation sites (tertiary alicyclic amines) is 1. The summed E-state index contributed by atoms with van der Waals surface area (Å²) >= 11 is 5.94. The number of rotatable bonds is 3. The fourth-order valence-corrected chi connectivity index (χ4v) is 4.20. The van der Waals surface area contributed by atoms with Gasteiger partial charge in [0.2, 0.25) is 5.91 Å². The minimum atomic E-state index is -3.23. The summed E-state index contributed by atoms with van der Waals surface area (Å²) < 4.78 is 31.6. The first-order valence-electron chi connectivity index (χ1n) is 9.38. The molecule has 152 valence electrons. The summed E-state index contributed by atoms with van der Waals surface area (Å²) in [4.78, 5) is 19.7. The summed E-state index contributed by atoms with van der Waals surface area (Å²) in [6.45, 7) is 0.0209. The van der Waals surface area contributed by atoms with Crippen LogP contribution in [0.4, 0.5) is 14.5 Å². The van der Waals surface area contributed by atoms with Crippen molar-refractivity contribution in [2.24, 2.45) is 5.92 Å². The van der Waals surface area contributed by atoms with Crippen LogP contribution in [0.5, 0.6) is 0 Å². The molecule has 0 bridgehead atoms.